The molecule has 30 unspecified atom stereocenters. The molecule has 0 N–H and O–H groups in total. The lowest BCUT2D eigenvalue weighted by Crippen LogP contribution is -2.41. The SMILES string of the molecule is CC(C)COC(C)OC(=O)C1CC2CC1C1C3CC(C(C)C3C)C21.CC1C(C)C2CC1C1C3CC(C(=O)OC4CCCCO4)C(C3)C21.CCOC(C)OC(=O)C1CC2CC1C1C3CC(C(C)C3C)C21. The Morgan fingerprint density at radius 3 is 1.20 bits per heavy atom. The van der Waals surface area contributed by atoms with Crippen LogP contribution in [0.5, 0.6) is 0 Å². The van der Waals surface area contributed by atoms with Crippen molar-refractivity contribution in [2.75, 3.05) is 19.8 Å². The number of carbonyl (C=O) groups excluding carboxylic acids is 3. The van der Waals surface area contributed by atoms with Gasteiger partial charge < -0.3 is 28.4 Å². The second kappa shape index (κ2) is 19.2. The Labute approximate surface area is 416 Å². The first kappa shape index (κ1) is 49.5. The highest BCUT2D eigenvalue weighted by Crippen LogP contribution is 2.74. The summed E-state index contributed by atoms with van der Waals surface area (Å²) in [6.07, 6.45) is 13.5. The molecule has 1 aliphatic heterocycles. The van der Waals surface area contributed by atoms with E-state index in [9.17, 15) is 14.4 Å². The molecule has 13 rings (SSSR count). The van der Waals surface area contributed by atoms with E-state index in [0.717, 1.165) is 169 Å². The number of ether oxygens (including phenoxy) is 6. The van der Waals surface area contributed by atoms with E-state index in [1.807, 2.05) is 20.8 Å². The number of carbonyl (C=O) groups is 3. The van der Waals surface area contributed by atoms with Gasteiger partial charge in [-0.3, -0.25) is 14.4 Å². The molecule has 9 nitrogen and oxygen atoms in total. The highest BCUT2D eigenvalue weighted by Gasteiger charge is 2.69. The van der Waals surface area contributed by atoms with Crippen LogP contribution in [-0.2, 0) is 42.8 Å². The quantitative estimate of drug-likeness (QED) is 0.0866. The van der Waals surface area contributed by atoms with Gasteiger partial charge in [-0.2, -0.15) is 0 Å². The van der Waals surface area contributed by atoms with E-state index in [2.05, 4.69) is 55.4 Å². The minimum Gasteiger partial charge on any atom is -0.436 e. The molecule has 12 aliphatic carbocycles. The van der Waals surface area contributed by atoms with E-state index in [4.69, 9.17) is 28.4 Å². The predicted octanol–water partition coefficient (Wildman–Crippen LogP) is 11.9. The maximum Gasteiger partial charge on any atom is 0.311 e. The van der Waals surface area contributed by atoms with Gasteiger partial charge in [0.15, 0.2) is 12.6 Å². The summed E-state index contributed by atoms with van der Waals surface area (Å²) in [5.41, 5.74) is 0. The number of rotatable bonds is 11. The topological polar surface area (TPSA) is 107 Å². The molecule has 1 heterocycles. The highest BCUT2D eigenvalue weighted by atomic mass is 16.7. The standard InChI is InChI=1S/C21H34O3.C20H30O3.C19H30O3/c1-10(2)9-23-13(5)24-21(22)18-7-14-6-17(18)20-16-8-15(19(14)20)11(3)12(16)4;1-10-11(2)14-9-13(10)18-12-7-15(19(14)18)16(8-12)20(21)23-17-5-3-4-6-22-17;1-5-21-11(4)22-19(20)16-7-12-6-15(16)18-14-8-13(17(12)18)9(2)10(14)3/h10-20H,6-9H2,1-5H3;10-19H,3-9H2,1-2H3;9-18H,5-8H2,1-4H3. The van der Waals surface area contributed by atoms with Crippen LogP contribution in [0.1, 0.15) is 153 Å². The van der Waals surface area contributed by atoms with E-state index in [1.54, 1.807) is 0 Å². The van der Waals surface area contributed by atoms with Crippen LogP contribution in [0.25, 0.3) is 0 Å². The Bertz CT molecular complexity index is 1880. The summed E-state index contributed by atoms with van der Waals surface area (Å²) in [5, 5.41) is 0. The first-order valence-electron chi connectivity index (χ1n) is 29.5. The first-order chi connectivity index (χ1) is 33.1. The van der Waals surface area contributed by atoms with Crippen molar-refractivity contribution >= 4 is 17.9 Å². The summed E-state index contributed by atoms with van der Waals surface area (Å²) >= 11 is 0. The van der Waals surface area contributed by atoms with E-state index < -0.39 is 12.6 Å². The lowest BCUT2D eigenvalue weighted by molar-refractivity contribution is -0.194. The minimum absolute atomic E-state index is 0.00961. The molecule has 0 aromatic rings. The van der Waals surface area contributed by atoms with Gasteiger partial charge in [0.25, 0.3) is 0 Å². The van der Waals surface area contributed by atoms with Crippen molar-refractivity contribution in [3.8, 4) is 0 Å². The van der Waals surface area contributed by atoms with Crippen LogP contribution >= 0.6 is 0 Å². The van der Waals surface area contributed by atoms with Gasteiger partial charge in [-0.25, -0.2) is 0 Å². The molecule has 12 bridgehead atoms. The minimum atomic E-state index is -0.409. The van der Waals surface area contributed by atoms with Crippen LogP contribution in [0.2, 0.25) is 0 Å². The van der Waals surface area contributed by atoms with Gasteiger partial charge >= 0.3 is 17.9 Å². The van der Waals surface area contributed by atoms with Crippen LogP contribution in [0.3, 0.4) is 0 Å². The zero-order valence-corrected chi connectivity index (χ0v) is 44.7. The number of hydrogen-bond acceptors (Lipinski definition) is 9. The third kappa shape index (κ3) is 8.25. The molecule has 388 valence electrons. The van der Waals surface area contributed by atoms with Crippen molar-refractivity contribution < 1.29 is 42.8 Å². The molecule has 30 atom stereocenters. The van der Waals surface area contributed by atoms with Crippen LogP contribution in [-0.4, -0.2) is 56.6 Å². The van der Waals surface area contributed by atoms with E-state index in [0.29, 0.717) is 36.9 Å². The fourth-order valence-corrected chi connectivity index (χ4v) is 21.6. The third-order valence-corrected chi connectivity index (χ3v) is 24.5. The van der Waals surface area contributed by atoms with Crippen molar-refractivity contribution in [3.63, 3.8) is 0 Å². The summed E-state index contributed by atoms with van der Waals surface area (Å²) in [6.45, 7) is 26.6. The zero-order chi connectivity index (χ0) is 48.5. The molecule has 0 amide bonds. The molecule has 9 heteroatoms. The van der Waals surface area contributed by atoms with Gasteiger partial charge in [0.05, 0.1) is 31.0 Å². The average molecular weight is 959 g/mol. The van der Waals surface area contributed by atoms with Crippen molar-refractivity contribution in [1.82, 2.24) is 0 Å². The van der Waals surface area contributed by atoms with Gasteiger partial charge in [-0.1, -0.05) is 55.4 Å². The smallest absolute Gasteiger partial charge is 0.311 e. The van der Waals surface area contributed by atoms with Crippen LogP contribution in [0.4, 0.5) is 0 Å². The fraction of sp³-hybridized carbons (Fsp3) is 0.950. The summed E-state index contributed by atoms with van der Waals surface area (Å²) in [4.78, 5) is 38.0. The van der Waals surface area contributed by atoms with Crippen LogP contribution < -0.4 is 0 Å². The highest BCUT2D eigenvalue weighted by molar-refractivity contribution is 5.75. The Hall–Kier alpha value is -1.71. The second-order valence-electron chi connectivity index (χ2n) is 27.2. The Morgan fingerprint density at radius 1 is 0.464 bits per heavy atom. The van der Waals surface area contributed by atoms with Gasteiger partial charge in [0.2, 0.25) is 6.29 Å². The van der Waals surface area contributed by atoms with Gasteiger partial charge in [-0.05, 0) is 239 Å². The maximum atomic E-state index is 12.7. The molecule has 12 saturated carbocycles. The largest absolute Gasteiger partial charge is 0.436 e. The summed E-state index contributed by atoms with van der Waals surface area (Å²) in [6, 6.07) is 0. The van der Waals surface area contributed by atoms with Crippen LogP contribution in [0, 0.1) is 166 Å². The lowest BCUT2D eigenvalue weighted by atomic mass is 9.62. The third-order valence-electron chi connectivity index (χ3n) is 24.5. The molecule has 13 aliphatic rings. The molecular formula is C60H94O9. The molecule has 0 spiro atoms. The summed E-state index contributed by atoms with van der Waals surface area (Å²) < 4.78 is 33.6. The Morgan fingerprint density at radius 2 is 0.841 bits per heavy atom. The Kier molecular flexibility index (Phi) is 13.8. The lowest BCUT2D eigenvalue weighted by Gasteiger charge is -2.43. The monoisotopic (exact) mass is 959 g/mol. The van der Waals surface area contributed by atoms with Crippen molar-refractivity contribution in [3.05, 3.63) is 0 Å². The van der Waals surface area contributed by atoms with Crippen molar-refractivity contribution in [2.45, 2.75) is 172 Å². The first-order valence-corrected chi connectivity index (χ1v) is 29.5. The van der Waals surface area contributed by atoms with Crippen molar-refractivity contribution in [1.29, 1.82) is 0 Å². The van der Waals surface area contributed by atoms with Gasteiger partial charge in [0, 0.05) is 13.0 Å². The molecule has 69 heavy (non-hydrogen) atoms. The van der Waals surface area contributed by atoms with Crippen molar-refractivity contribution in [2.24, 2.45) is 166 Å². The summed E-state index contributed by atoms with van der Waals surface area (Å²) in [5.74, 6) is 21.2. The molecule has 1 saturated heterocycles. The van der Waals surface area contributed by atoms with E-state index in [-0.39, 0.29) is 42.0 Å². The predicted molar refractivity (Wildman–Crippen MR) is 263 cm³/mol. The fourth-order valence-electron chi connectivity index (χ4n) is 21.6. The zero-order valence-electron chi connectivity index (χ0n) is 44.7. The van der Waals surface area contributed by atoms with Crippen LogP contribution in [0.15, 0.2) is 0 Å². The Balaban J connectivity index is 0.000000113. The molecule has 0 radical (unpaired) electrons. The number of hydrogen-bond donors (Lipinski definition) is 0. The second-order valence-corrected chi connectivity index (χ2v) is 27.2. The molecule has 0 aromatic carbocycles. The molecule has 0 aromatic heterocycles. The molecular weight excluding hydrogens is 865 g/mol. The number of fused-ring (bicyclic) bond motifs is 27. The average Bonchev–Trinajstić information content (AvgIpc) is 4.17. The van der Waals surface area contributed by atoms with E-state index in [1.165, 1.54) is 38.5 Å². The number of esters is 3. The normalized spacial score (nSPS) is 53.0. The summed E-state index contributed by atoms with van der Waals surface area (Å²) in [7, 11) is 0. The van der Waals surface area contributed by atoms with Gasteiger partial charge in [0.1, 0.15) is 0 Å². The maximum absolute atomic E-state index is 12.7. The van der Waals surface area contributed by atoms with E-state index >= 15 is 0 Å². The van der Waals surface area contributed by atoms with Gasteiger partial charge in [-0.15, -0.1) is 0 Å². The molecule has 13 fully saturated rings.